The van der Waals surface area contributed by atoms with Gasteiger partial charge in [-0.15, -0.1) is 11.3 Å². The third-order valence-electron chi connectivity index (χ3n) is 4.03. The number of amides is 1. The first-order chi connectivity index (χ1) is 11.2. The molecule has 122 valence electrons. The zero-order valence-electron chi connectivity index (χ0n) is 13.1. The second kappa shape index (κ2) is 7.43. The molecule has 0 aliphatic carbocycles. The van der Waals surface area contributed by atoms with Gasteiger partial charge in [-0.05, 0) is 24.1 Å². The standard InChI is InChI=1S/C17H20ClN3OS/c1-2-16-20-14(11-23-16)9-17(22)21-7-6-19-10-15(21)12-4-3-5-13(18)8-12/h3-5,8,11,15,19H,2,6-7,9-10H2,1H3. The summed E-state index contributed by atoms with van der Waals surface area (Å²) >= 11 is 7.73. The topological polar surface area (TPSA) is 45.2 Å². The van der Waals surface area contributed by atoms with E-state index in [0.717, 1.165) is 35.8 Å². The molecule has 6 heteroatoms. The Bertz CT molecular complexity index is 688. The first-order valence-electron chi connectivity index (χ1n) is 7.86. The second-order valence-electron chi connectivity index (χ2n) is 5.62. The van der Waals surface area contributed by atoms with Crippen molar-refractivity contribution in [1.29, 1.82) is 0 Å². The maximum Gasteiger partial charge on any atom is 0.229 e. The normalized spacial score (nSPS) is 18.2. The van der Waals surface area contributed by atoms with Crippen LogP contribution in [0.4, 0.5) is 0 Å². The number of halogens is 1. The molecule has 2 heterocycles. The van der Waals surface area contributed by atoms with E-state index in [4.69, 9.17) is 11.6 Å². The van der Waals surface area contributed by atoms with Gasteiger partial charge >= 0.3 is 0 Å². The number of thiazole rings is 1. The van der Waals surface area contributed by atoms with Gasteiger partial charge in [0.2, 0.25) is 5.91 Å². The third kappa shape index (κ3) is 3.91. The van der Waals surface area contributed by atoms with E-state index >= 15 is 0 Å². The number of aromatic nitrogens is 1. The van der Waals surface area contributed by atoms with Gasteiger partial charge in [0, 0.05) is 30.0 Å². The molecule has 4 nitrogen and oxygen atoms in total. The minimum absolute atomic E-state index is 0.0271. The molecule has 1 aliphatic heterocycles. The zero-order valence-corrected chi connectivity index (χ0v) is 14.7. The Morgan fingerprint density at radius 3 is 3.13 bits per heavy atom. The number of piperazine rings is 1. The highest BCUT2D eigenvalue weighted by Crippen LogP contribution is 2.25. The van der Waals surface area contributed by atoms with Gasteiger partial charge < -0.3 is 10.2 Å². The van der Waals surface area contributed by atoms with Crippen LogP contribution in [0.1, 0.15) is 29.2 Å². The first kappa shape index (κ1) is 16.4. The fourth-order valence-electron chi connectivity index (χ4n) is 2.86. The average Bonchev–Trinajstić information content (AvgIpc) is 3.02. The molecule has 2 aromatic rings. The summed E-state index contributed by atoms with van der Waals surface area (Å²) in [5, 5.41) is 7.14. The number of benzene rings is 1. The SMILES string of the molecule is CCc1nc(CC(=O)N2CCNCC2c2cccc(Cl)c2)cs1. The van der Waals surface area contributed by atoms with E-state index < -0.39 is 0 Å². The molecule has 1 N–H and O–H groups in total. The number of nitrogens with zero attached hydrogens (tertiary/aromatic N) is 2. The maximum atomic E-state index is 12.8. The van der Waals surface area contributed by atoms with Crippen LogP contribution in [0.15, 0.2) is 29.6 Å². The van der Waals surface area contributed by atoms with Crippen LogP contribution in [0.2, 0.25) is 5.02 Å². The van der Waals surface area contributed by atoms with Crippen molar-refractivity contribution in [1.82, 2.24) is 15.2 Å². The maximum absolute atomic E-state index is 12.8. The molecule has 1 fully saturated rings. The number of rotatable bonds is 4. The van der Waals surface area contributed by atoms with Crippen LogP contribution < -0.4 is 5.32 Å². The van der Waals surface area contributed by atoms with E-state index in [1.54, 1.807) is 11.3 Å². The van der Waals surface area contributed by atoms with E-state index in [2.05, 4.69) is 17.2 Å². The van der Waals surface area contributed by atoms with Crippen LogP contribution in [-0.2, 0) is 17.6 Å². The van der Waals surface area contributed by atoms with E-state index in [1.165, 1.54) is 0 Å². The minimum Gasteiger partial charge on any atom is -0.333 e. The number of carbonyl (C=O) groups is 1. The lowest BCUT2D eigenvalue weighted by Crippen LogP contribution is -2.49. The molecule has 0 spiro atoms. The van der Waals surface area contributed by atoms with Gasteiger partial charge in [0.25, 0.3) is 0 Å². The molecule has 0 saturated carbocycles. The number of hydrogen-bond acceptors (Lipinski definition) is 4. The molecule has 3 rings (SSSR count). The lowest BCUT2D eigenvalue weighted by atomic mass is 10.0. The van der Waals surface area contributed by atoms with E-state index in [1.807, 2.05) is 34.5 Å². The highest BCUT2D eigenvalue weighted by molar-refractivity contribution is 7.09. The van der Waals surface area contributed by atoms with Gasteiger partial charge in [0.05, 0.1) is 23.2 Å². The van der Waals surface area contributed by atoms with Crippen molar-refractivity contribution in [2.45, 2.75) is 25.8 Å². The fourth-order valence-corrected chi connectivity index (χ4v) is 3.81. The summed E-state index contributed by atoms with van der Waals surface area (Å²) in [7, 11) is 0. The van der Waals surface area contributed by atoms with Crippen LogP contribution in [0, 0.1) is 0 Å². The molecule has 0 bridgehead atoms. The van der Waals surface area contributed by atoms with Crippen LogP contribution in [0.3, 0.4) is 0 Å². The number of aryl methyl sites for hydroxylation is 1. The van der Waals surface area contributed by atoms with Crippen molar-refractivity contribution < 1.29 is 4.79 Å². The highest BCUT2D eigenvalue weighted by atomic mass is 35.5. The van der Waals surface area contributed by atoms with Crippen LogP contribution in [0.5, 0.6) is 0 Å². The molecule has 1 aliphatic rings. The summed E-state index contributed by atoms with van der Waals surface area (Å²) in [6.07, 6.45) is 1.28. The van der Waals surface area contributed by atoms with Gasteiger partial charge in [-0.1, -0.05) is 30.7 Å². The molecular weight excluding hydrogens is 330 g/mol. The second-order valence-corrected chi connectivity index (χ2v) is 7.00. The molecule has 1 aromatic heterocycles. The molecule has 1 aromatic carbocycles. The van der Waals surface area contributed by atoms with E-state index in [9.17, 15) is 4.79 Å². The Kier molecular flexibility index (Phi) is 5.30. The Hall–Kier alpha value is -1.43. The van der Waals surface area contributed by atoms with E-state index in [-0.39, 0.29) is 11.9 Å². The van der Waals surface area contributed by atoms with Crippen molar-refractivity contribution >= 4 is 28.8 Å². The van der Waals surface area contributed by atoms with Crippen LogP contribution in [-0.4, -0.2) is 35.4 Å². The van der Waals surface area contributed by atoms with Crippen molar-refractivity contribution in [2.24, 2.45) is 0 Å². The summed E-state index contributed by atoms with van der Waals surface area (Å²) in [6.45, 7) is 4.36. The lowest BCUT2D eigenvalue weighted by molar-refractivity contribution is -0.133. The van der Waals surface area contributed by atoms with Crippen molar-refractivity contribution in [2.75, 3.05) is 19.6 Å². The number of carbonyl (C=O) groups excluding carboxylic acids is 1. The van der Waals surface area contributed by atoms with Crippen molar-refractivity contribution in [3.63, 3.8) is 0 Å². The van der Waals surface area contributed by atoms with Crippen molar-refractivity contribution in [3.8, 4) is 0 Å². The van der Waals surface area contributed by atoms with Crippen molar-refractivity contribution in [3.05, 3.63) is 50.9 Å². The predicted molar refractivity (Wildman–Crippen MR) is 94.0 cm³/mol. The molecule has 0 radical (unpaired) electrons. The lowest BCUT2D eigenvalue weighted by Gasteiger charge is -2.36. The summed E-state index contributed by atoms with van der Waals surface area (Å²) < 4.78 is 0. The molecular formula is C17H20ClN3OS. The summed E-state index contributed by atoms with van der Waals surface area (Å²) in [5.74, 6) is 0.129. The highest BCUT2D eigenvalue weighted by Gasteiger charge is 2.28. The predicted octanol–water partition coefficient (Wildman–Crippen LogP) is 3.07. The molecule has 1 amide bonds. The Balaban J connectivity index is 1.76. The first-order valence-corrected chi connectivity index (χ1v) is 9.12. The Morgan fingerprint density at radius 2 is 2.39 bits per heavy atom. The summed E-state index contributed by atoms with van der Waals surface area (Å²) in [6, 6.07) is 7.79. The van der Waals surface area contributed by atoms with Gasteiger partial charge in [-0.2, -0.15) is 0 Å². The summed E-state index contributed by atoms with van der Waals surface area (Å²) in [5.41, 5.74) is 1.95. The monoisotopic (exact) mass is 349 g/mol. The zero-order chi connectivity index (χ0) is 16.2. The average molecular weight is 350 g/mol. The molecule has 1 atom stereocenters. The Morgan fingerprint density at radius 1 is 1.52 bits per heavy atom. The van der Waals surface area contributed by atoms with Gasteiger partial charge in [-0.3, -0.25) is 4.79 Å². The quantitative estimate of drug-likeness (QED) is 0.922. The van der Waals surface area contributed by atoms with Crippen LogP contribution >= 0.6 is 22.9 Å². The fraction of sp³-hybridized carbons (Fsp3) is 0.412. The number of hydrogen-bond donors (Lipinski definition) is 1. The Labute approximate surface area is 145 Å². The number of nitrogens with one attached hydrogen (secondary N) is 1. The van der Waals surface area contributed by atoms with Gasteiger partial charge in [0.1, 0.15) is 0 Å². The minimum atomic E-state index is 0.0271. The molecule has 1 saturated heterocycles. The molecule has 23 heavy (non-hydrogen) atoms. The van der Waals surface area contributed by atoms with Gasteiger partial charge in [-0.25, -0.2) is 4.98 Å². The smallest absolute Gasteiger partial charge is 0.229 e. The summed E-state index contributed by atoms with van der Waals surface area (Å²) in [4.78, 5) is 19.2. The van der Waals surface area contributed by atoms with Crippen LogP contribution in [0.25, 0.3) is 0 Å². The third-order valence-corrected chi connectivity index (χ3v) is 5.31. The molecule has 1 unspecified atom stereocenters. The van der Waals surface area contributed by atoms with E-state index in [0.29, 0.717) is 18.0 Å². The largest absolute Gasteiger partial charge is 0.333 e. The van der Waals surface area contributed by atoms with Gasteiger partial charge in [0.15, 0.2) is 0 Å².